The molecule has 0 radical (unpaired) electrons. The van der Waals surface area contributed by atoms with Crippen molar-refractivity contribution in [3.8, 4) is 0 Å². The SMILES string of the molecule is CC(C)=CCCC(C)=CCCC(C)=CCOP(=O)(OC/C=C(\C)CCC=C(C)C)OP(=O)(O)OP(=O)(O)OP(=O)(O)O. The van der Waals surface area contributed by atoms with E-state index in [4.69, 9.17) is 18.8 Å². The summed E-state index contributed by atoms with van der Waals surface area (Å²) in [7, 11) is -22.1. The Balaban J connectivity index is 5.48. The lowest BCUT2D eigenvalue weighted by atomic mass is 10.1. The maximum absolute atomic E-state index is 13.2. The molecular weight excluding hydrogens is 632 g/mol. The predicted molar refractivity (Wildman–Crippen MR) is 162 cm³/mol. The van der Waals surface area contributed by atoms with Gasteiger partial charge in [-0.3, -0.25) is 9.05 Å². The molecule has 4 N–H and O–H groups in total. The largest absolute Gasteiger partial charge is 0.490 e. The van der Waals surface area contributed by atoms with Gasteiger partial charge >= 0.3 is 31.3 Å². The molecule has 0 amide bonds. The Labute approximate surface area is 249 Å². The number of phosphoric acid groups is 4. The van der Waals surface area contributed by atoms with Crippen molar-refractivity contribution in [2.45, 2.75) is 87.0 Å². The van der Waals surface area contributed by atoms with Crippen LogP contribution in [0.1, 0.15) is 87.0 Å². The van der Waals surface area contributed by atoms with E-state index in [1.54, 1.807) is 19.1 Å². The summed E-state index contributed by atoms with van der Waals surface area (Å²) in [4.78, 5) is 36.7. The minimum absolute atomic E-state index is 0.382. The first-order valence-corrected chi connectivity index (χ1v) is 19.1. The summed E-state index contributed by atoms with van der Waals surface area (Å²) in [6.45, 7) is 12.9. The van der Waals surface area contributed by atoms with Gasteiger partial charge < -0.3 is 19.6 Å². The average Bonchev–Trinajstić information content (AvgIpc) is 2.75. The van der Waals surface area contributed by atoms with Crippen LogP contribution in [0.25, 0.3) is 0 Å². The molecule has 0 aliphatic carbocycles. The zero-order valence-electron chi connectivity index (χ0n) is 25.3. The van der Waals surface area contributed by atoms with Crippen LogP contribution in [0, 0.1) is 0 Å². The highest BCUT2D eigenvalue weighted by atomic mass is 31.3. The van der Waals surface area contributed by atoms with E-state index in [9.17, 15) is 28.0 Å². The van der Waals surface area contributed by atoms with Gasteiger partial charge in [0.25, 0.3) is 0 Å². The molecule has 244 valence electrons. The highest BCUT2D eigenvalue weighted by Crippen LogP contribution is 2.71. The van der Waals surface area contributed by atoms with Crippen molar-refractivity contribution < 1.29 is 59.8 Å². The summed E-state index contributed by atoms with van der Waals surface area (Å²) >= 11 is 0. The smallest absolute Gasteiger partial charge is 0.302 e. The molecule has 0 aromatic carbocycles. The molecule has 42 heavy (non-hydrogen) atoms. The van der Waals surface area contributed by atoms with Crippen LogP contribution in [0.4, 0.5) is 0 Å². The van der Waals surface area contributed by atoms with Gasteiger partial charge in [0, 0.05) is 0 Å². The molecule has 0 aliphatic rings. The zero-order chi connectivity index (χ0) is 32.6. The molecule has 0 saturated heterocycles. The third kappa shape index (κ3) is 23.7. The van der Waals surface area contributed by atoms with Gasteiger partial charge in [0.2, 0.25) is 0 Å². The van der Waals surface area contributed by atoms with Crippen LogP contribution in [0.3, 0.4) is 0 Å². The van der Waals surface area contributed by atoms with Crippen LogP contribution in [0.15, 0.2) is 58.2 Å². The average molecular weight is 679 g/mol. The van der Waals surface area contributed by atoms with Crippen LogP contribution >= 0.6 is 31.3 Å². The Hall–Kier alpha value is -0.740. The van der Waals surface area contributed by atoms with Crippen LogP contribution in [0.2, 0.25) is 0 Å². The summed E-state index contributed by atoms with van der Waals surface area (Å²) in [5.41, 5.74) is 5.35. The van der Waals surface area contributed by atoms with Gasteiger partial charge in [-0.15, -0.1) is 0 Å². The first-order valence-electron chi connectivity index (χ1n) is 13.1. The normalized spacial score (nSPS) is 17.6. The van der Waals surface area contributed by atoms with Gasteiger partial charge in [0.1, 0.15) is 0 Å². The molecule has 3 unspecified atom stereocenters. The number of allylic oxidation sites excluding steroid dienone is 8. The predicted octanol–water partition coefficient (Wildman–Crippen LogP) is 8.58. The lowest BCUT2D eigenvalue weighted by Crippen LogP contribution is -2.02. The highest BCUT2D eigenvalue weighted by molar-refractivity contribution is 7.69. The van der Waals surface area contributed by atoms with Crippen molar-refractivity contribution in [1.82, 2.24) is 0 Å². The standard InChI is InChI=1S/C25H46O13P4/c1-21(2)11-8-13-23(5)15-10-16-25(7)18-20-35-42(33,34-19-17-24(6)14-9-12-22(3)4)38-41(31,32)37-40(29,30)36-39(26,27)28/h11-12,15,17-18H,8-10,13-14,16,19-20H2,1-7H3,(H,29,30)(H,31,32)(H2,26,27,28)/b23-15?,24-17+,25-18?. The summed E-state index contributed by atoms with van der Waals surface area (Å²) in [6.07, 6.45) is 14.1. The third-order valence-corrected chi connectivity index (χ3v) is 11.0. The second kappa shape index (κ2) is 19.6. The summed E-state index contributed by atoms with van der Waals surface area (Å²) in [5, 5.41) is 0. The lowest BCUT2D eigenvalue weighted by Gasteiger charge is -2.20. The van der Waals surface area contributed by atoms with Gasteiger partial charge in [0.15, 0.2) is 0 Å². The molecule has 3 atom stereocenters. The lowest BCUT2D eigenvalue weighted by molar-refractivity contribution is 0.154. The zero-order valence-corrected chi connectivity index (χ0v) is 28.9. The van der Waals surface area contributed by atoms with E-state index in [0.29, 0.717) is 12.8 Å². The Morgan fingerprint density at radius 3 is 1.26 bits per heavy atom. The van der Waals surface area contributed by atoms with Gasteiger partial charge in [-0.2, -0.15) is 12.9 Å². The minimum atomic E-state index is -5.83. The second-order valence-electron chi connectivity index (χ2n) is 10.0. The monoisotopic (exact) mass is 678 g/mol. The fourth-order valence-electron chi connectivity index (χ4n) is 3.08. The molecule has 0 bridgehead atoms. The van der Waals surface area contributed by atoms with Gasteiger partial charge in [-0.05, 0) is 87.0 Å². The molecular formula is C25H46O13P4. The molecule has 0 aromatic rings. The summed E-state index contributed by atoms with van der Waals surface area (Å²) in [5.74, 6) is 0. The first-order chi connectivity index (χ1) is 19.1. The van der Waals surface area contributed by atoms with Gasteiger partial charge in [-0.25, -0.2) is 18.3 Å². The maximum atomic E-state index is 13.2. The van der Waals surface area contributed by atoms with Crippen LogP contribution in [-0.2, 0) is 40.2 Å². The van der Waals surface area contributed by atoms with E-state index in [1.807, 2.05) is 40.7 Å². The van der Waals surface area contributed by atoms with Crippen molar-refractivity contribution in [2.24, 2.45) is 0 Å². The fraction of sp³-hybridized carbons (Fsp3) is 0.600. The number of rotatable bonds is 21. The Bertz CT molecular complexity index is 1200. The quantitative estimate of drug-likeness (QED) is 0.0666. The van der Waals surface area contributed by atoms with Crippen LogP contribution < -0.4 is 0 Å². The summed E-state index contributed by atoms with van der Waals surface area (Å²) < 4.78 is 70.2. The Kier molecular flexibility index (Phi) is 19.3. The highest BCUT2D eigenvalue weighted by Gasteiger charge is 2.46. The van der Waals surface area contributed by atoms with Gasteiger partial charge in [-0.1, -0.05) is 58.2 Å². The molecule has 0 aliphatic heterocycles. The van der Waals surface area contributed by atoms with Crippen molar-refractivity contribution in [3.05, 3.63) is 58.2 Å². The molecule has 0 rings (SSSR count). The van der Waals surface area contributed by atoms with Gasteiger partial charge in [0.05, 0.1) is 13.2 Å². The summed E-state index contributed by atoms with van der Waals surface area (Å²) in [6, 6.07) is 0. The molecule has 17 heteroatoms. The van der Waals surface area contributed by atoms with Crippen molar-refractivity contribution in [1.29, 1.82) is 0 Å². The van der Waals surface area contributed by atoms with E-state index < -0.39 is 31.3 Å². The Morgan fingerprint density at radius 2 is 0.881 bits per heavy atom. The second-order valence-corrected chi connectivity index (χ2v) is 16.3. The third-order valence-electron chi connectivity index (χ3n) is 5.16. The fourth-order valence-corrected chi connectivity index (χ4v) is 7.95. The van der Waals surface area contributed by atoms with Crippen molar-refractivity contribution in [3.63, 3.8) is 0 Å². The van der Waals surface area contributed by atoms with Crippen molar-refractivity contribution >= 4 is 31.3 Å². The van der Waals surface area contributed by atoms with E-state index in [1.165, 1.54) is 11.1 Å². The molecule has 0 spiro atoms. The first kappa shape index (κ1) is 41.3. The van der Waals surface area contributed by atoms with E-state index in [-0.39, 0.29) is 13.2 Å². The van der Waals surface area contributed by atoms with Crippen LogP contribution in [-0.4, -0.2) is 32.8 Å². The molecule has 0 heterocycles. The molecule has 13 nitrogen and oxygen atoms in total. The Morgan fingerprint density at radius 1 is 0.524 bits per heavy atom. The molecule has 0 aromatic heterocycles. The van der Waals surface area contributed by atoms with Crippen LogP contribution in [0.5, 0.6) is 0 Å². The minimum Gasteiger partial charge on any atom is -0.302 e. The van der Waals surface area contributed by atoms with E-state index >= 15 is 0 Å². The van der Waals surface area contributed by atoms with E-state index in [2.05, 4.69) is 32.0 Å². The number of hydrogen-bond acceptors (Lipinski definition) is 9. The topological polar surface area (TPSA) is 195 Å². The number of hydrogen-bond donors (Lipinski definition) is 4. The number of phosphoric ester groups is 1. The molecule has 0 saturated carbocycles. The molecule has 0 fully saturated rings. The maximum Gasteiger partial charge on any atom is 0.490 e. The van der Waals surface area contributed by atoms with E-state index in [0.717, 1.165) is 42.4 Å². The van der Waals surface area contributed by atoms with Crippen molar-refractivity contribution in [2.75, 3.05) is 13.2 Å².